The van der Waals surface area contributed by atoms with Crippen molar-refractivity contribution < 1.29 is 4.79 Å². The van der Waals surface area contributed by atoms with Gasteiger partial charge in [0, 0.05) is 49.9 Å². The molecule has 4 rings (SSSR count). The SMILES string of the molecule is CNC(=O)c1ccc(-c2cc(NC3CCN(Cc4ccccc4)CC3)nc(N)n2)cc1. The highest BCUT2D eigenvalue weighted by Crippen LogP contribution is 2.23. The predicted molar refractivity (Wildman–Crippen MR) is 124 cm³/mol. The Kier molecular flexibility index (Phi) is 6.43. The fourth-order valence-electron chi connectivity index (χ4n) is 3.91. The van der Waals surface area contributed by atoms with Crippen LogP contribution in [0.1, 0.15) is 28.8 Å². The van der Waals surface area contributed by atoms with Crippen LogP contribution >= 0.6 is 0 Å². The predicted octanol–water partition coefficient (Wildman–Crippen LogP) is 3.16. The lowest BCUT2D eigenvalue weighted by atomic mass is 10.0. The van der Waals surface area contributed by atoms with E-state index in [1.165, 1.54) is 5.56 Å². The van der Waals surface area contributed by atoms with Gasteiger partial charge in [0.2, 0.25) is 5.95 Å². The molecule has 1 aliphatic heterocycles. The molecule has 1 fully saturated rings. The van der Waals surface area contributed by atoms with E-state index in [0.29, 0.717) is 11.6 Å². The summed E-state index contributed by atoms with van der Waals surface area (Å²) in [6, 6.07) is 20.2. The molecule has 0 atom stereocenters. The topological polar surface area (TPSA) is 96.2 Å². The summed E-state index contributed by atoms with van der Waals surface area (Å²) in [4.78, 5) is 23.0. The third-order valence-electron chi connectivity index (χ3n) is 5.60. The molecule has 31 heavy (non-hydrogen) atoms. The summed E-state index contributed by atoms with van der Waals surface area (Å²) in [5.41, 5.74) is 9.56. The second kappa shape index (κ2) is 9.57. The van der Waals surface area contributed by atoms with Crippen LogP contribution in [0.3, 0.4) is 0 Å². The van der Waals surface area contributed by atoms with Crippen LogP contribution in [0.15, 0.2) is 60.7 Å². The van der Waals surface area contributed by atoms with Gasteiger partial charge in [-0.15, -0.1) is 0 Å². The second-order valence-corrected chi connectivity index (χ2v) is 7.83. The van der Waals surface area contributed by atoms with Crippen molar-refractivity contribution in [1.82, 2.24) is 20.2 Å². The highest BCUT2D eigenvalue weighted by Gasteiger charge is 2.20. The summed E-state index contributed by atoms with van der Waals surface area (Å²) in [7, 11) is 1.62. The number of rotatable bonds is 6. The molecule has 7 heteroatoms. The Balaban J connectivity index is 1.38. The minimum atomic E-state index is -0.116. The second-order valence-electron chi connectivity index (χ2n) is 7.83. The third-order valence-corrected chi connectivity index (χ3v) is 5.60. The Hall–Kier alpha value is -3.45. The summed E-state index contributed by atoms with van der Waals surface area (Å²) >= 11 is 0. The summed E-state index contributed by atoms with van der Waals surface area (Å²) in [5, 5.41) is 6.16. The first-order valence-corrected chi connectivity index (χ1v) is 10.6. The van der Waals surface area contributed by atoms with E-state index in [2.05, 4.69) is 55.8 Å². The van der Waals surface area contributed by atoms with Crippen molar-refractivity contribution >= 4 is 17.7 Å². The van der Waals surface area contributed by atoms with Crippen LogP contribution in [-0.2, 0) is 6.54 Å². The molecule has 7 nitrogen and oxygen atoms in total. The normalized spacial score (nSPS) is 14.9. The maximum atomic E-state index is 11.7. The van der Waals surface area contributed by atoms with E-state index in [0.717, 1.165) is 49.6 Å². The average molecular weight is 417 g/mol. The van der Waals surface area contributed by atoms with Gasteiger partial charge >= 0.3 is 0 Å². The van der Waals surface area contributed by atoms with E-state index < -0.39 is 0 Å². The molecule has 1 saturated heterocycles. The number of amides is 1. The van der Waals surface area contributed by atoms with Gasteiger partial charge in [-0.05, 0) is 30.5 Å². The Morgan fingerprint density at radius 1 is 1.06 bits per heavy atom. The fraction of sp³-hybridized carbons (Fsp3) is 0.292. The number of aromatic nitrogens is 2. The number of carbonyl (C=O) groups excluding carboxylic acids is 1. The Labute approximate surface area is 182 Å². The molecule has 1 aliphatic rings. The number of nitrogens with two attached hydrogens (primary N) is 1. The number of anilines is 2. The van der Waals surface area contributed by atoms with Crippen LogP contribution in [0, 0.1) is 0 Å². The van der Waals surface area contributed by atoms with Gasteiger partial charge in [0.05, 0.1) is 5.69 Å². The average Bonchev–Trinajstić information content (AvgIpc) is 2.80. The number of nitrogens with zero attached hydrogens (tertiary/aromatic N) is 3. The zero-order chi connectivity index (χ0) is 21.6. The Morgan fingerprint density at radius 3 is 2.45 bits per heavy atom. The molecule has 2 heterocycles. The molecular weight excluding hydrogens is 388 g/mol. The van der Waals surface area contributed by atoms with Gasteiger partial charge in [-0.2, -0.15) is 4.98 Å². The van der Waals surface area contributed by atoms with Crippen LogP contribution in [0.5, 0.6) is 0 Å². The van der Waals surface area contributed by atoms with Gasteiger partial charge in [0.25, 0.3) is 5.91 Å². The number of likely N-dealkylation sites (tertiary alicyclic amines) is 1. The molecule has 0 saturated carbocycles. The van der Waals surface area contributed by atoms with Gasteiger partial charge in [-0.3, -0.25) is 9.69 Å². The zero-order valence-electron chi connectivity index (χ0n) is 17.7. The minimum Gasteiger partial charge on any atom is -0.368 e. The lowest BCUT2D eigenvalue weighted by Gasteiger charge is -2.32. The summed E-state index contributed by atoms with van der Waals surface area (Å²) in [5.74, 6) is 0.853. The van der Waals surface area contributed by atoms with Crippen molar-refractivity contribution in [3.63, 3.8) is 0 Å². The molecule has 0 spiro atoms. The molecule has 1 amide bonds. The van der Waals surface area contributed by atoms with Crippen LogP contribution in [0.4, 0.5) is 11.8 Å². The van der Waals surface area contributed by atoms with Gasteiger partial charge in [-0.25, -0.2) is 4.98 Å². The fourth-order valence-corrected chi connectivity index (χ4v) is 3.91. The lowest BCUT2D eigenvalue weighted by Crippen LogP contribution is -2.38. The molecule has 0 radical (unpaired) electrons. The van der Waals surface area contributed by atoms with E-state index >= 15 is 0 Å². The van der Waals surface area contributed by atoms with Crippen molar-refractivity contribution in [2.45, 2.75) is 25.4 Å². The third kappa shape index (κ3) is 5.38. The van der Waals surface area contributed by atoms with Crippen LogP contribution in [0.25, 0.3) is 11.3 Å². The van der Waals surface area contributed by atoms with Gasteiger partial charge in [0.1, 0.15) is 5.82 Å². The molecule has 0 aliphatic carbocycles. The number of hydrogen-bond donors (Lipinski definition) is 3. The van der Waals surface area contributed by atoms with Crippen LogP contribution < -0.4 is 16.4 Å². The summed E-state index contributed by atoms with van der Waals surface area (Å²) < 4.78 is 0. The quantitative estimate of drug-likeness (QED) is 0.571. The number of nitrogen functional groups attached to an aromatic ring is 1. The van der Waals surface area contributed by atoms with E-state index in [-0.39, 0.29) is 11.9 Å². The highest BCUT2D eigenvalue weighted by atomic mass is 16.1. The maximum absolute atomic E-state index is 11.7. The number of hydrogen-bond acceptors (Lipinski definition) is 6. The molecular formula is C24H28N6O. The number of piperidine rings is 1. The molecule has 2 aromatic carbocycles. The van der Waals surface area contributed by atoms with Gasteiger partial charge in [-0.1, -0.05) is 42.5 Å². The molecule has 0 unspecified atom stereocenters. The number of carbonyl (C=O) groups is 1. The molecule has 4 N–H and O–H groups in total. The van der Waals surface area contributed by atoms with Gasteiger partial charge < -0.3 is 16.4 Å². The molecule has 160 valence electrons. The van der Waals surface area contributed by atoms with E-state index in [1.54, 1.807) is 19.2 Å². The Morgan fingerprint density at radius 2 is 1.77 bits per heavy atom. The minimum absolute atomic E-state index is 0.116. The zero-order valence-corrected chi connectivity index (χ0v) is 17.7. The van der Waals surface area contributed by atoms with Crippen molar-refractivity contribution in [2.24, 2.45) is 0 Å². The lowest BCUT2D eigenvalue weighted by molar-refractivity contribution is 0.0963. The first-order chi connectivity index (χ1) is 15.1. The standard InChI is InChI=1S/C24H28N6O/c1-26-23(31)19-9-7-18(8-10-19)21-15-22(29-24(25)28-21)27-20-11-13-30(14-12-20)16-17-5-3-2-4-6-17/h2-10,15,20H,11-14,16H2,1H3,(H,26,31)(H3,25,27,28,29). The summed E-state index contributed by atoms with van der Waals surface area (Å²) in [6.45, 7) is 3.08. The Bertz CT molecular complexity index is 1010. The van der Waals surface area contributed by atoms with E-state index in [4.69, 9.17) is 5.73 Å². The van der Waals surface area contributed by atoms with Crippen molar-refractivity contribution in [1.29, 1.82) is 0 Å². The van der Waals surface area contributed by atoms with Crippen molar-refractivity contribution in [2.75, 3.05) is 31.2 Å². The monoisotopic (exact) mass is 416 g/mol. The van der Waals surface area contributed by atoms with Gasteiger partial charge in [0.15, 0.2) is 0 Å². The first-order valence-electron chi connectivity index (χ1n) is 10.6. The smallest absolute Gasteiger partial charge is 0.251 e. The van der Waals surface area contributed by atoms with Crippen molar-refractivity contribution in [3.8, 4) is 11.3 Å². The van der Waals surface area contributed by atoms with Crippen molar-refractivity contribution in [3.05, 3.63) is 71.8 Å². The molecule has 1 aromatic heterocycles. The molecule has 3 aromatic rings. The molecule has 0 bridgehead atoms. The largest absolute Gasteiger partial charge is 0.368 e. The number of benzene rings is 2. The van der Waals surface area contributed by atoms with Crippen LogP contribution in [0.2, 0.25) is 0 Å². The summed E-state index contributed by atoms with van der Waals surface area (Å²) in [6.07, 6.45) is 2.10. The maximum Gasteiger partial charge on any atom is 0.251 e. The van der Waals surface area contributed by atoms with Crippen LogP contribution in [-0.4, -0.2) is 47.0 Å². The highest BCUT2D eigenvalue weighted by molar-refractivity contribution is 5.94. The van der Waals surface area contributed by atoms with E-state index in [9.17, 15) is 4.79 Å². The number of nitrogens with one attached hydrogen (secondary N) is 2. The van der Waals surface area contributed by atoms with E-state index in [1.807, 2.05) is 18.2 Å². The first kappa shape index (κ1) is 20.8.